The van der Waals surface area contributed by atoms with Crippen LogP contribution in [-0.4, -0.2) is 27.6 Å². The van der Waals surface area contributed by atoms with Crippen LogP contribution in [0.25, 0.3) is 11.8 Å². The van der Waals surface area contributed by atoms with Gasteiger partial charge in [0.05, 0.1) is 16.9 Å². The van der Waals surface area contributed by atoms with Crippen LogP contribution in [0, 0.1) is 13.8 Å². The van der Waals surface area contributed by atoms with E-state index in [-0.39, 0.29) is 17.9 Å². The minimum atomic E-state index is -0.279. The number of benzene rings is 1. The lowest BCUT2D eigenvalue weighted by molar-refractivity contribution is -0.111. The molecule has 0 saturated heterocycles. The second-order valence-corrected chi connectivity index (χ2v) is 7.98. The Labute approximate surface area is 173 Å². The van der Waals surface area contributed by atoms with Crippen molar-refractivity contribution >= 4 is 34.2 Å². The first-order chi connectivity index (χ1) is 14.0. The van der Waals surface area contributed by atoms with E-state index < -0.39 is 0 Å². The summed E-state index contributed by atoms with van der Waals surface area (Å²) in [6, 6.07) is 11.9. The number of rotatable bonds is 6. The molecule has 2 amide bonds. The van der Waals surface area contributed by atoms with Gasteiger partial charge in [0.2, 0.25) is 5.91 Å². The Hall–Kier alpha value is -3.19. The number of hydrogen-bond donors (Lipinski definition) is 2. The first-order valence-corrected chi connectivity index (χ1v) is 10.4. The highest BCUT2D eigenvalue weighted by molar-refractivity contribution is 7.14. The molecule has 0 atom stereocenters. The Bertz CT molecular complexity index is 1080. The molecule has 0 unspecified atom stereocenters. The van der Waals surface area contributed by atoms with Gasteiger partial charge in [-0.3, -0.25) is 9.59 Å². The van der Waals surface area contributed by atoms with Gasteiger partial charge >= 0.3 is 0 Å². The summed E-state index contributed by atoms with van der Waals surface area (Å²) < 4.78 is 1.87. The van der Waals surface area contributed by atoms with Gasteiger partial charge in [-0.15, -0.1) is 11.3 Å². The van der Waals surface area contributed by atoms with E-state index in [4.69, 9.17) is 0 Å². The maximum Gasteiger partial charge on any atom is 0.254 e. The van der Waals surface area contributed by atoms with Gasteiger partial charge in [-0.1, -0.05) is 18.2 Å². The molecule has 2 aromatic heterocycles. The smallest absolute Gasteiger partial charge is 0.254 e. The van der Waals surface area contributed by atoms with Crippen molar-refractivity contribution in [1.29, 1.82) is 0 Å². The molecule has 7 heteroatoms. The number of thiophene rings is 1. The van der Waals surface area contributed by atoms with E-state index in [2.05, 4.69) is 15.7 Å². The molecule has 148 valence electrons. The van der Waals surface area contributed by atoms with E-state index in [1.54, 1.807) is 17.5 Å². The molecule has 4 rings (SSSR count). The molecule has 2 N–H and O–H groups in total. The maximum absolute atomic E-state index is 12.4. The van der Waals surface area contributed by atoms with Crippen molar-refractivity contribution in [3.8, 4) is 5.69 Å². The fraction of sp³-hybridized carbons (Fsp3) is 0.227. The quantitative estimate of drug-likeness (QED) is 0.605. The molecular weight excluding hydrogens is 384 g/mol. The number of anilines is 1. The molecule has 0 aliphatic heterocycles. The van der Waals surface area contributed by atoms with E-state index >= 15 is 0 Å². The van der Waals surface area contributed by atoms with Crippen LogP contribution in [0.5, 0.6) is 0 Å². The van der Waals surface area contributed by atoms with Crippen LogP contribution in [0.2, 0.25) is 0 Å². The molecule has 1 aromatic carbocycles. The number of para-hydroxylation sites is 1. The highest BCUT2D eigenvalue weighted by Crippen LogP contribution is 2.26. The summed E-state index contributed by atoms with van der Waals surface area (Å²) in [6.45, 7) is 3.90. The van der Waals surface area contributed by atoms with Gasteiger partial charge in [0.1, 0.15) is 5.00 Å². The molecule has 6 nitrogen and oxygen atoms in total. The van der Waals surface area contributed by atoms with Gasteiger partial charge in [0.15, 0.2) is 0 Å². The van der Waals surface area contributed by atoms with Crippen molar-refractivity contribution < 1.29 is 9.59 Å². The summed E-state index contributed by atoms with van der Waals surface area (Å²) in [6.07, 6.45) is 5.30. The minimum absolute atomic E-state index is 0.135. The third-order valence-corrected chi connectivity index (χ3v) is 5.64. The molecule has 1 fully saturated rings. The minimum Gasteiger partial charge on any atom is -0.349 e. The lowest BCUT2D eigenvalue weighted by atomic mass is 10.2. The van der Waals surface area contributed by atoms with E-state index in [1.807, 2.05) is 48.9 Å². The molecule has 0 radical (unpaired) electrons. The topological polar surface area (TPSA) is 76.0 Å². The van der Waals surface area contributed by atoms with Crippen LogP contribution in [0.15, 0.2) is 47.9 Å². The number of nitrogens with zero attached hydrogens (tertiary/aromatic N) is 2. The van der Waals surface area contributed by atoms with Gasteiger partial charge in [-0.2, -0.15) is 5.10 Å². The Kier molecular flexibility index (Phi) is 5.31. The van der Waals surface area contributed by atoms with E-state index in [9.17, 15) is 9.59 Å². The number of aryl methyl sites for hydroxylation is 1. The van der Waals surface area contributed by atoms with Crippen molar-refractivity contribution in [2.75, 3.05) is 5.32 Å². The molecule has 2 heterocycles. The Morgan fingerprint density at radius 1 is 1.17 bits per heavy atom. The highest BCUT2D eigenvalue weighted by atomic mass is 32.1. The molecule has 3 aromatic rings. The zero-order valence-electron chi connectivity index (χ0n) is 16.3. The predicted octanol–water partition coefficient (Wildman–Crippen LogP) is 4.09. The first-order valence-electron chi connectivity index (χ1n) is 9.52. The predicted molar refractivity (Wildman–Crippen MR) is 116 cm³/mol. The number of carbonyl (C=O) groups is 2. The summed E-state index contributed by atoms with van der Waals surface area (Å²) in [5, 5.41) is 12.7. The standard InChI is InChI=1S/C22H22N4O2S/c1-14-18(15(2)26(25-14)17-6-4-3-5-7-17)10-11-20(27)24-22-19(12-13-29-22)21(28)23-16-8-9-16/h3-7,10-13,16H,8-9H2,1-2H3,(H,23,28)(H,24,27)/b11-10+. The van der Waals surface area contributed by atoms with Crippen molar-refractivity contribution in [2.45, 2.75) is 32.7 Å². The van der Waals surface area contributed by atoms with E-state index in [0.717, 1.165) is 35.5 Å². The fourth-order valence-corrected chi connectivity index (χ4v) is 3.89. The SMILES string of the molecule is Cc1nn(-c2ccccc2)c(C)c1/C=C/C(=O)Nc1sccc1C(=O)NC1CC1. The number of nitrogens with one attached hydrogen (secondary N) is 2. The zero-order chi connectivity index (χ0) is 20.4. The number of hydrogen-bond acceptors (Lipinski definition) is 4. The molecular formula is C22H22N4O2S. The lowest BCUT2D eigenvalue weighted by Crippen LogP contribution is -2.26. The number of amides is 2. The summed E-state index contributed by atoms with van der Waals surface area (Å²) in [5.41, 5.74) is 4.19. The second kappa shape index (κ2) is 8.05. The molecule has 0 bridgehead atoms. The maximum atomic E-state index is 12.4. The summed E-state index contributed by atoms with van der Waals surface area (Å²) in [5.74, 6) is -0.414. The van der Waals surface area contributed by atoms with Gasteiger partial charge in [-0.05, 0) is 56.3 Å². The number of carbonyl (C=O) groups excluding carboxylic acids is 2. The van der Waals surface area contributed by atoms with E-state index in [1.165, 1.54) is 17.4 Å². The largest absolute Gasteiger partial charge is 0.349 e. The van der Waals surface area contributed by atoms with Gasteiger partial charge < -0.3 is 10.6 Å². The first kappa shape index (κ1) is 19.1. The third kappa shape index (κ3) is 4.30. The van der Waals surface area contributed by atoms with Crippen molar-refractivity contribution in [3.63, 3.8) is 0 Å². The average molecular weight is 407 g/mol. The lowest BCUT2D eigenvalue weighted by Gasteiger charge is -2.05. The molecule has 29 heavy (non-hydrogen) atoms. The van der Waals surface area contributed by atoms with Gasteiger partial charge in [-0.25, -0.2) is 4.68 Å². The highest BCUT2D eigenvalue weighted by Gasteiger charge is 2.25. The van der Waals surface area contributed by atoms with E-state index in [0.29, 0.717) is 10.6 Å². The van der Waals surface area contributed by atoms with Crippen LogP contribution < -0.4 is 10.6 Å². The van der Waals surface area contributed by atoms with Crippen molar-refractivity contribution in [1.82, 2.24) is 15.1 Å². The Morgan fingerprint density at radius 3 is 2.66 bits per heavy atom. The van der Waals surface area contributed by atoms with Crippen molar-refractivity contribution in [2.24, 2.45) is 0 Å². The third-order valence-electron chi connectivity index (χ3n) is 4.81. The van der Waals surface area contributed by atoms with Crippen LogP contribution in [0.3, 0.4) is 0 Å². The summed E-state index contributed by atoms with van der Waals surface area (Å²) in [4.78, 5) is 24.7. The van der Waals surface area contributed by atoms with Crippen LogP contribution >= 0.6 is 11.3 Å². The second-order valence-electron chi connectivity index (χ2n) is 7.07. The molecule has 0 spiro atoms. The monoisotopic (exact) mass is 406 g/mol. The normalized spacial score (nSPS) is 13.6. The van der Waals surface area contributed by atoms with Crippen LogP contribution in [0.1, 0.15) is 40.2 Å². The molecule has 1 aliphatic carbocycles. The van der Waals surface area contributed by atoms with Crippen molar-refractivity contribution in [3.05, 3.63) is 70.4 Å². The summed E-state index contributed by atoms with van der Waals surface area (Å²) >= 11 is 1.34. The summed E-state index contributed by atoms with van der Waals surface area (Å²) in [7, 11) is 0. The average Bonchev–Trinajstić information content (AvgIpc) is 3.32. The fourth-order valence-electron chi connectivity index (χ4n) is 3.10. The zero-order valence-corrected chi connectivity index (χ0v) is 17.1. The molecule has 1 aliphatic rings. The van der Waals surface area contributed by atoms with Crippen LogP contribution in [-0.2, 0) is 4.79 Å². The molecule has 1 saturated carbocycles. The van der Waals surface area contributed by atoms with Crippen LogP contribution in [0.4, 0.5) is 5.00 Å². The Morgan fingerprint density at radius 2 is 1.93 bits per heavy atom. The van der Waals surface area contributed by atoms with Gasteiger partial charge in [0.25, 0.3) is 5.91 Å². The van der Waals surface area contributed by atoms with Gasteiger partial charge in [0, 0.05) is 23.4 Å². The number of aromatic nitrogens is 2. The Balaban J connectivity index is 1.48.